The summed E-state index contributed by atoms with van der Waals surface area (Å²) in [7, 11) is 0. The van der Waals surface area contributed by atoms with Crippen LogP contribution >= 0.6 is 11.6 Å². The number of halogens is 1. The number of nitrogens with zero attached hydrogens (tertiary/aromatic N) is 3. The Bertz CT molecular complexity index is 599. The highest BCUT2D eigenvalue weighted by molar-refractivity contribution is 6.30. The molecular weight excluding hydrogens is 286 g/mol. The highest BCUT2D eigenvalue weighted by Crippen LogP contribution is 2.17. The highest BCUT2D eigenvalue weighted by atomic mass is 35.5. The number of aliphatic hydroxyl groups is 1. The summed E-state index contributed by atoms with van der Waals surface area (Å²) in [4.78, 5) is 2.38. The highest BCUT2D eigenvalue weighted by Gasteiger charge is 2.15. The first-order valence-corrected chi connectivity index (χ1v) is 7.78. The van der Waals surface area contributed by atoms with Gasteiger partial charge >= 0.3 is 0 Å². The fourth-order valence-electron chi connectivity index (χ4n) is 2.76. The molecule has 0 radical (unpaired) electrons. The van der Waals surface area contributed by atoms with E-state index in [2.05, 4.69) is 10.00 Å². The molecule has 0 saturated carbocycles. The van der Waals surface area contributed by atoms with Gasteiger partial charge in [-0.2, -0.15) is 5.10 Å². The van der Waals surface area contributed by atoms with Gasteiger partial charge in [-0.3, -0.25) is 4.90 Å². The van der Waals surface area contributed by atoms with Crippen molar-refractivity contribution in [3.63, 3.8) is 0 Å². The standard InChI is InChI=1S/C16H20ClN3O/c17-14-3-1-4-15(9-14)20-12-13(10-18-20)11-19-7-2-5-16(21)6-8-19/h1,3-4,9-10,12,16,21H,2,5-8,11H2/t16-/m0/s1. The van der Waals surface area contributed by atoms with E-state index in [9.17, 15) is 5.11 Å². The summed E-state index contributed by atoms with van der Waals surface area (Å²) in [6.45, 7) is 2.87. The third-order valence-electron chi connectivity index (χ3n) is 3.91. The molecule has 0 unspecified atom stereocenters. The molecule has 1 aliphatic rings. The zero-order valence-electron chi connectivity index (χ0n) is 12.0. The normalized spacial score (nSPS) is 20.4. The Labute approximate surface area is 130 Å². The number of rotatable bonds is 3. The van der Waals surface area contributed by atoms with Gasteiger partial charge in [-0.05, 0) is 44.0 Å². The quantitative estimate of drug-likeness (QED) is 0.948. The van der Waals surface area contributed by atoms with Crippen molar-refractivity contribution in [1.29, 1.82) is 0 Å². The summed E-state index contributed by atoms with van der Waals surface area (Å²) in [5, 5.41) is 14.8. The van der Waals surface area contributed by atoms with Gasteiger partial charge in [-0.15, -0.1) is 0 Å². The molecule has 112 valence electrons. The van der Waals surface area contributed by atoms with Crippen molar-refractivity contribution < 1.29 is 5.11 Å². The lowest BCUT2D eigenvalue weighted by atomic mass is 10.2. The molecule has 1 aliphatic heterocycles. The smallest absolute Gasteiger partial charge is 0.0660 e. The van der Waals surface area contributed by atoms with E-state index in [0.717, 1.165) is 44.6 Å². The molecule has 21 heavy (non-hydrogen) atoms. The predicted molar refractivity (Wildman–Crippen MR) is 83.7 cm³/mol. The first-order valence-electron chi connectivity index (χ1n) is 7.40. The van der Waals surface area contributed by atoms with Crippen LogP contribution in [0.25, 0.3) is 5.69 Å². The largest absolute Gasteiger partial charge is 0.393 e. The van der Waals surface area contributed by atoms with Gasteiger partial charge in [0.1, 0.15) is 0 Å². The van der Waals surface area contributed by atoms with Crippen molar-refractivity contribution in [2.45, 2.75) is 31.9 Å². The third-order valence-corrected chi connectivity index (χ3v) is 4.14. The van der Waals surface area contributed by atoms with Gasteiger partial charge in [-0.1, -0.05) is 17.7 Å². The Morgan fingerprint density at radius 2 is 2.19 bits per heavy atom. The molecule has 1 atom stereocenters. The number of hydrogen-bond acceptors (Lipinski definition) is 3. The number of hydrogen-bond donors (Lipinski definition) is 1. The summed E-state index contributed by atoms with van der Waals surface area (Å²) >= 11 is 6.02. The van der Waals surface area contributed by atoms with Crippen LogP contribution in [0.2, 0.25) is 5.02 Å². The monoisotopic (exact) mass is 305 g/mol. The van der Waals surface area contributed by atoms with Crippen LogP contribution in [0.1, 0.15) is 24.8 Å². The Balaban J connectivity index is 1.67. The first kappa shape index (κ1) is 14.6. The number of likely N-dealkylation sites (tertiary alicyclic amines) is 1. The molecule has 1 N–H and O–H groups in total. The van der Waals surface area contributed by atoms with E-state index in [0.29, 0.717) is 5.02 Å². The van der Waals surface area contributed by atoms with Crippen LogP contribution in [0.5, 0.6) is 0 Å². The van der Waals surface area contributed by atoms with E-state index in [-0.39, 0.29) is 6.10 Å². The lowest BCUT2D eigenvalue weighted by Gasteiger charge is -2.18. The Hall–Kier alpha value is -1.36. The topological polar surface area (TPSA) is 41.3 Å². The van der Waals surface area contributed by atoms with Crippen molar-refractivity contribution in [2.24, 2.45) is 0 Å². The molecule has 1 aromatic heterocycles. The van der Waals surface area contributed by atoms with Crippen LogP contribution in [-0.2, 0) is 6.54 Å². The number of aromatic nitrogens is 2. The summed E-state index contributed by atoms with van der Waals surface area (Å²) in [5.74, 6) is 0. The molecule has 4 nitrogen and oxygen atoms in total. The number of benzene rings is 1. The maximum atomic E-state index is 9.70. The van der Waals surface area contributed by atoms with Gasteiger partial charge in [0.2, 0.25) is 0 Å². The fraction of sp³-hybridized carbons (Fsp3) is 0.438. The van der Waals surface area contributed by atoms with E-state index >= 15 is 0 Å². The molecule has 0 amide bonds. The molecule has 3 rings (SSSR count). The zero-order valence-corrected chi connectivity index (χ0v) is 12.7. The van der Waals surface area contributed by atoms with Crippen LogP contribution < -0.4 is 0 Å². The van der Waals surface area contributed by atoms with Crippen LogP contribution in [0, 0.1) is 0 Å². The van der Waals surface area contributed by atoms with Crippen molar-refractivity contribution >= 4 is 11.6 Å². The van der Waals surface area contributed by atoms with Gasteiger partial charge in [0.05, 0.1) is 18.0 Å². The first-order chi connectivity index (χ1) is 10.2. The molecule has 1 saturated heterocycles. The van der Waals surface area contributed by atoms with Gasteiger partial charge < -0.3 is 5.11 Å². The summed E-state index contributed by atoms with van der Waals surface area (Å²) in [5.41, 5.74) is 2.16. The summed E-state index contributed by atoms with van der Waals surface area (Å²) in [6.07, 6.45) is 6.66. The maximum absolute atomic E-state index is 9.70. The zero-order chi connectivity index (χ0) is 14.7. The van der Waals surface area contributed by atoms with Crippen LogP contribution in [0.15, 0.2) is 36.7 Å². The van der Waals surface area contributed by atoms with Gasteiger partial charge in [0, 0.05) is 29.9 Å². The molecule has 0 bridgehead atoms. The second-order valence-corrected chi connectivity index (χ2v) is 6.07. The SMILES string of the molecule is O[C@H]1CCCN(Cc2cnn(-c3cccc(Cl)c3)c2)CC1. The molecule has 0 aliphatic carbocycles. The molecule has 1 fully saturated rings. The lowest BCUT2D eigenvalue weighted by Crippen LogP contribution is -2.24. The fourth-order valence-corrected chi connectivity index (χ4v) is 2.94. The molecule has 2 heterocycles. The van der Waals surface area contributed by atoms with Crippen LogP contribution in [0.4, 0.5) is 0 Å². The minimum atomic E-state index is -0.135. The van der Waals surface area contributed by atoms with Crippen molar-refractivity contribution in [3.8, 4) is 5.69 Å². The van der Waals surface area contributed by atoms with Crippen molar-refractivity contribution in [3.05, 3.63) is 47.2 Å². The Morgan fingerprint density at radius 1 is 1.29 bits per heavy atom. The average Bonchev–Trinajstić information content (AvgIpc) is 2.83. The lowest BCUT2D eigenvalue weighted by molar-refractivity contribution is 0.154. The number of aliphatic hydroxyl groups excluding tert-OH is 1. The van der Waals surface area contributed by atoms with E-state index < -0.39 is 0 Å². The summed E-state index contributed by atoms with van der Waals surface area (Å²) < 4.78 is 1.86. The van der Waals surface area contributed by atoms with Gasteiger partial charge in [0.15, 0.2) is 0 Å². The third kappa shape index (κ3) is 3.84. The molecule has 0 spiro atoms. The van der Waals surface area contributed by atoms with Crippen molar-refractivity contribution in [2.75, 3.05) is 13.1 Å². The molecule has 1 aromatic carbocycles. The van der Waals surface area contributed by atoms with Crippen molar-refractivity contribution in [1.82, 2.24) is 14.7 Å². The molecule has 2 aromatic rings. The van der Waals surface area contributed by atoms with E-state index in [1.165, 1.54) is 5.56 Å². The second kappa shape index (κ2) is 6.60. The Kier molecular flexibility index (Phi) is 4.58. The molecule has 5 heteroatoms. The second-order valence-electron chi connectivity index (χ2n) is 5.63. The minimum absolute atomic E-state index is 0.135. The van der Waals surface area contributed by atoms with E-state index in [1.807, 2.05) is 41.3 Å². The predicted octanol–water partition coefficient (Wildman–Crippen LogP) is 2.87. The van der Waals surface area contributed by atoms with Crippen LogP contribution in [0.3, 0.4) is 0 Å². The van der Waals surface area contributed by atoms with E-state index in [4.69, 9.17) is 11.6 Å². The van der Waals surface area contributed by atoms with Gasteiger partial charge in [-0.25, -0.2) is 4.68 Å². The summed E-state index contributed by atoms with van der Waals surface area (Å²) in [6, 6.07) is 7.68. The molecular formula is C16H20ClN3O. The maximum Gasteiger partial charge on any atom is 0.0660 e. The van der Waals surface area contributed by atoms with E-state index in [1.54, 1.807) is 0 Å². The Morgan fingerprint density at radius 3 is 3.05 bits per heavy atom. The van der Waals surface area contributed by atoms with Crippen LogP contribution in [-0.4, -0.2) is 39.0 Å². The van der Waals surface area contributed by atoms with Gasteiger partial charge in [0.25, 0.3) is 0 Å². The average molecular weight is 306 g/mol. The minimum Gasteiger partial charge on any atom is -0.393 e.